The fraction of sp³-hybridized carbons (Fsp3) is 0.261. The van der Waals surface area contributed by atoms with E-state index >= 15 is 0 Å². The average Bonchev–Trinajstić information content (AvgIpc) is 2.78. The van der Waals surface area contributed by atoms with Crippen LogP contribution in [0.15, 0.2) is 67.3 Å². The van der Waals surface area contributed by atoms with Gasteiger partial charge in [0.05, 0.1) is 5.56 Å². The smallest absolute Gasteiger partial charge is 0.258 e. The van der Waals surface area contributed by atoms with Crippen LogP contribution in [-0.4, -0.2) is 51.7 Å². The number of hydrogen-bond donors (Lipinski definition) is 2. The van der Waals surface area contributed by atoms with E-state index in [0.29, 0.717) is 23.5 Å². The molecule has 1 aromatic heterocycles. The Kier molecular flexibility index (Phi) is 6.32. The molecular weight excluding hydrogens is 380 g/mol. The Morgan fingerprint density at radius 2 is 1.93 bits per heavy atom. The molecule has 0 saturated carbocycles. The normalized spacial score (nSPS) is 14.6. The molecule has 30 heavy (non-hydrogen) atoms. The molecule has 7 heteroatoms. The maximum absolute atomic E-state index is 12.2. The molecule has 1 unspecified atom stereocenters. The number of carbonyl (C=O) groups excluding carboxylic acids is 1. The van der Waals surface area contributed by atoms with Gasteiger partial charge in [-0.1, -0.05) is 30.3 Å². The van der Waals surface area contributed by atoms with Gasteiger partial charge in [-0.2, -0.15) is 0 Å². The lowest BCUT2D eigenvalue weighted by Crippen LogP contribution is -2.38. The average molecular weight is 404 g/mol. The number of ether oxygens (including phenoxy) is 1. The van der Waals surface area contributed by atoms with E-state index < -0.39 is 6.10 Å². The van der Waals surface area contributed by atoms with Crippen molar-refractivity contribution in [2.24, 2.45) is 0 Å². The topological polar surface area (TPSA) is 87.6 Å². The molecule has 2 aromatic carbocycles. The monoisotopic (exact) mass is 404 g/mol. The molecule has 7 nitrogen and oxygen atoms in total. The lowest BCUT2D eigenvalue weighted by atomic mass is 10.00. The number of fused-ring (bicyclic) bond motifs is 1. The minimum absolute atomic E-state index is 0.183. The number of β-amino-alcohol motifs (C(OH)–C–C–N with tert-alkyl or cyclic N) is 1. The standard InChI is InChI=1S/C23H24N4O3/c28-21(14-27-9-8-17-4-1-2-5-18(17)13-27)15-30-22-7-3-6-20(10-22)26-23(29)19-11-24-16-25-12-19/h1-7,10-12,16,21,28H,8-9,13-15H2,(H,26,29). The van der Waals surface area contributed by atoms with E-state index in [-0.39, 0.29) is 12.5 Å². The van der Waals surface area contributed by atoms with E-state index in [1.54, 1.807) is 24.3 Å². The molecule has 0 saturated heterocycles. The number of aliphatic hydroxyl groups excluding tert-OH is 1. The van der Waals surface area contributed by atoms with Gasteiger partial charge in [0.25, 0.3) is 5.91 Å². The number of benzene rings is 2. The van der Waals surface area contributed by atoms with Crippen LogP contribution in [0.25, 0.3) is 0 Å². The van der Waals surface area contributed by atoms with Crippen LogP contribution in [0.2, 0.25) is 0 Å². The fourth-order valence-electron chi connectivity index (χ4n) is 3.54. The van der Waals surface area contributed by atoms with Crippen molar-refractivity contribution in [3.63, 3.8) is 0 Å². The van der Waals surface area contributed by atoms with Crippen LogP contribution in [-0.2, 0) is 13.0 Å². The van der Waals surface area contributed by atoms with Gasteiger partial charge in [-0.05, 0) is 29.7 Å². The highest BCUT2D eigenvalue weighted by atomic mass is 16.5. The largest absolute Gasteiger partial charge is 0.491 e. The van der Waals surface area contributed by atoms with Crippen LogP contribution >= 0.6 is 0 Å². The summed E-state index contributed by atoms with van der Waals surface area (Å²) in [6.07, 6.45) is 4.68. The highest BCUT2D eigenvalue weighted by Gasteiger charge is 2.18. The van der Waals surface area contributed by atoms with Crippen molar-refractivity contribution in [3.8, 4) is 5.75 Å². The van der Waals surface area contributed by atoms with E-state index in [9.17, 15) is 9.90 Å². The van der Waals surface area contributed by atoms with Gasteiger partial charge >= 0.3 is 0 Å². The Bertz CT molecular complexity index is 997. The minimum atomic E-state index is -0.602. The lowest BCUT2D eigenvalue weighted by Gasteiger charge is -2.30. The Morgan fingerprint density at radius 3 is 2.77 bits per heavy atom. The van der Waals surface area contributed by atoms with E-state index in [4.69, 9.17) is 4.74 Å². The first kappa shape index (κ1) is 20.0. The van der Waals surface area contributed by atoms with Crippen LogP contribution in [0.5, 0.6) is 5.75 Å². The van der Waals surface area contributed by atoms with Crippen LogP contribution in [0, 0.1) is 0 Å². The molecule has 0 bridgehead atoms. The van der Waals surface area contributed by atoms with Crippen LogP contribution in [0.1, 0.15) is 21.5 Å². The summed E-state index contributed by atoms with van der Waals surface area (Å²) in [6.45, 7) is 2.51. The molecule has 2 N–H and O–H groups in total. The third kappa shape index (κ3) is 5.20. The number of nitrogens with zero attached hydrogens (tertiary/aromatic N) is 3. The van der Waals surface area contributed by atoms with Gasteiger partial charge in [0.2, 0.25) is 0 Å². The highest BCUT2D eigenvalue weighted by molar-refractivity contribution is 6.03. The summed E-state index contributed by atoms with van der Waals surface area (Å²) in [5.74, 6) is 0.290. The number of aliphatic hydroxyl groups is 1. The minimum Gasteiger partial charge on any atom is -0.491 e. The van der Waals surface area contributed by atoms with Gasteiger partial charge in [-0.15, -0.1) is 0 Å². The Balaban J connectivity index is 1.28. The SMILES string of the molecule is O=C(Nc1cccc(OCC(O)CN2CCc3ccccc3C2)c1)c1cncnc1. The van der Waals surface area contributed by atoms with Crippen molar-refractivity contribution in [2.45, 2.75) is 19.1 Å². The predicted octanol–water partition coefficient (Wildman–Crippen LogP) is 2.53. The van der Waals surface area contributed by atoms with Gasteiger partial charge in [0.1, 0.15) is 24.8 Å². The van der Waals surface area contributed by atoms with E-state index in [1.165, 1.54) is 29.8 Å². The predicted molar refractivity (Wildman–Crippen MR) is 113 cm³/mol. The molecule has 1 amide bonds. The second-order valence-electron chi connectivity index (χ2n) is 7.33. The molecule has 1 aliphatic heterocycles. The van der Waals surface area contributed by atoms with E-state index in [1.807, 2.05) is 0 Å². The van der Waals surface area contributed by atoms with Crippen molar-refractivity contribution in [1.29, 1.82) is 0 Å². The van der Waals surface area contributed by atoms with Crippen LogP contribution in [0.4, 0.5) is 5.69 Å². The Hall–Kier alpha value is -3.29. The second-order valence-corrected chi connectivity index (χ2v) is 7.33. The zero-order valence-electron chi connectivity index (χ0n) is 16.6. The lowest BCUT2D eigenvalue weighted by molar-refractivity contribution is 0.0638. The summed E-state index contributed by atoms with van der Waals surface area (Å²) >= 11 is 0. The number of hydrogen-bond acceptors (Lipinski definition) is 6. The van der Waals surface area contributed by atoms with Crippen molar-refractivity contribution in [3.05, 3.63) is 83.9 Å². The maximum atomic E-state index is 12.2. The Labute approximate surface area is 175 Å². The molecule has 0 fully saturated rings. The number of anilines is 1. The first-order valence-electron chi connectivity index (χ1n) is 9.94. The zero-order chi connectivity index (χ0) is 20.8. The zero-order valence-corrected chi connectivity index (χ0v) is 16.6. The second kappa shape index (κ2) is 9.47. The molecule has 0 aliphatic carbocycles. The van der Waals surface area contributed by atoms with Gasteiger partial charge in [-0.3, -0.25) is 9.69 Å². The van der Waals surface area contributed by atoms with E-state index in [2.05, 4.69) is 44.5 Å². The highest BCUT2D eigenvalue weighted by Crippen LogP contribution is 2.20. The maximum Gasteiger partial charge on any atom is 0.258 e. The molecule has 154 valence electrons. The number of nitrogens with one attached hydrogen (secondary N) is 1. The first-order chi connectivity index (χ1) is 14.7. The van der Waals surface area contributed by atoms with Crippen LogP contribution in [0.3, 0.4) is 0 Å². The molecular formula is C23H24N4O3. The number of aromatic nitrogens is 2. The van der Waals surface area contributed by atoms with Crippen molar-refractivity contribution in [2.75, 3.05) is 25.0 Å². The number of carbonyl (C=O) groups is 1. The van der Waals surface area contributed by atoms with Crippen molar-refractivity contribution < 1.29 is 14.6 Å². The van der Waals surface area contributed by atoms with Gasteiger partial charge in [0.15, 0.2) is 0 Å². The summed E-state index contributed by atoms with van der Waals surface area (Å²) in [5, 5.41) is 13.2. The van der Waals surface area contributed by atoms with Crippen molar-refractivity contribution in [1.82, 2.24) is 14.9 Å². The first-order valence-corrected chi connectivity index (χ1v) is 9.94. The number of rotatable bonds is 7. The molecule has 1 atom stereocenters. The third-order valence-electron chi connectivity index (χ3n) is 5.04. The molecule has 2 heterocycles. The molecule has 0 spiro atoms. The summed E-state index contributed by atoms with van der Waals surface area (Å²) in [4.78, 5) is 22.2. The number of amides is 1. The molecule has 4 rings (SSSR count). The third-order valence-corrected chi connectivity index (χ3v) is 5.04. The fourth-order valence-corrected chi connectivity index (χ4v) is 3.54. The van der Waals surface area contributed by atoms with Gasteiger partial charge in [0, 0.05) is 43.8 Å². The van der Waals surface area contributed by atoms with Gasteiger partial charge < -0.3 is 15.2 Å². The van der Waals surface area contributed by atoms with Crippen LogP contribution < -0.4 is 10.1 Å². The van der Waals surface area contributed by atoms with Gasteiger partial charge in [-0.25, -0.2) is 9.97 Å². The molecule has 3 aromatic rings. The van der Waals surface area contributed by atoms with E-state index in [0.717, 1.165) is 19.5 Å². The quantitative estimate of drug-likeness (QED) is 0.629. The van der Waals surface area contributed by atoms with Crippen molar-refractivity contribution >= 4 is 11.6 Å². The summed E-state index contributed by atoms with van der Waals surface area (Å²) < 4.78 is 5.75. The summed E-state index contributed by atoms with van der Waals surface area (Å²) in [5.41, 5.74) is 3.69. The molecule has 0 radical (unpaired) electrons. The summed E-state index contributed by atoms with van der Waals surface area (Å²) in [7, 11) is 0. The summed E-state index contributed by atoms with van der Waals surface area (Å²) in [6, 6.07) is 15.5. The Morgan fingerprint density at radius 1 is 1.13 bits per heavy atom. The molecule has 1 aliphatic rings.